The summed E-state index contributed by atoms with van der Waals surface area (Å²) < 4.78 is 6.35. The van der Waals surface area contributed by atoms with Crippen LogP contribution < -0.4 is 16.2 Å². The van der Waals surface area contributed by atoms with Gasteiger partial charge in [-0.25, -0.2) is 20.8 Å². The van der Waals surface area contributed by atoms with Gasteiger partial charge in [0.1, 0.15) is 17.0 Å². The van der Waals surface area contributed by atoms with E-state index in [4.69, 9.17) is 15.6 Å². The first-order valence-electron chi connectivity index (χ1n) is 7.12. The van der Waals surface area contributed by atoms with Gasteiger partial charge in [0.25, 0.3) is 0 Å². The molecular formula is C14H16N6OS. The van der Waals surface area contributed by atoms with Gasteiger partial charge >= 0.3 is 0 Å². The van der Waals surface area contributed by atoms with Crippen molar-refractivity contribution in [2.45, 2.75) is 6.92 Å². The Morgan fingerprint density at radius 1 is 1.32 bits per heavy atom. The summed E-state index contributed by atoms with van der Waals surface area (Å²) in [4.78, 5) is 16.6. The number of aromatic nitrogens is 3. The number of nitrogen functional groups attached to an aromatic ring is 1. The maximum absolute atomic E-state index is 5.55. The monoisotopic (exact) mass is 316 g/mol. The highest BCUT2D eigenvalue weighted by Gasteiger charge is 2.18. The summed E-state index contributed by atoms with van der Waals surface area (Å²) in [6.07, 6.45) is 1.53. The quantitative estimate of drug-likeness (QED) is 0.549. The van der Waals surface area contributed by atoms with Crippen molar-refractivity contribution in [2.75, 3.05) is 36.6 Å². The fourth-order valence-corrected chi connectivity index (χ4v) is 3.94. The molecule has 114 valence electrons. The Kier molecular flexibility index (Phi) is 3.29. The maximum Gasteiger partial charge on any atom is 0.161 e. The third-order valence-corrected chi connectivity index (χ3v) is 4.96. The van der Waals surface area contributed by atoms with Crippen LogP contribution in [-0.2, 0) is 4.74 Å². The predicted octanol–water partition coefficient (Wildman–Crippen LogP) is 1.67. The molecule has 0 amide bonds. The van der Waals surface area contributed by atoms with Gasteiger partial charge in [0.15, 0.2) is 5.82 Å². The summed E-state index contributed by atoms with van der Waals surface area (Å²) in [5, 5.41) is 1.08. The molecule has 0 saturated carbocycles. The SMILES string of the molecule is Cc1cc(N2CCOCC2)nc2sc3c(NN)ncnc3c12. The van der Waals surface area contributed by atoms with Gasteiger partial charge in [-0.1, -0.05) is 0 Å². The summed E-state index contributed by atoms with van der Waals surface area (Å²) in [6, 6.07) is 2.12. The molecule has 0 unspecified atom stereocenters. The fraction of sp³-hybridized carbons (Fsp3) is 0.357. The molecule has 4 heterocycles. The van der Waals surface area contributed by atoms with Gasteiger partial charge < -0.3 is 15.1 Å². The molecule has 22 heavy (non-hydrogen) atoms. The molecule has 7 nitrogen and oxygen atoms in total. The zero-order valence-corrected chi connectivity index (χ0v) is 13.0. The number of morpholine rings is 1. The highest BCUT2D eigenvalue weighted by atomic mass is 32.1. The van der Waals surface area contributed by atoms with Crippen molar-refractivity contribution in [1.82, 2.24) is 15.0 Å². The Morgan fingerprint density at radius 2 is 2.14 bits per heavy atom. The summed E-state index contributed by atoms with van der Waals surface area (Å²) >= 11 is 1.57. The molecule has 0 spiro atoms. The second-order valence-electron chi connectivity index (χ2n) is 5.22. The molecule has 3 aromatic rings. The molecule has 0 bridgehead atoms. The number of fused-ring (bicyclic) bond motifs is 3. The number of hydrogen-bond donors (Lipinski definition) is 2. The number of nitrogens with one attached hydrogen (secondary N) is 1. The number of thiophene rings is 1. The van der Waals surface area contributed by atoms with Gasteiger partial charge in [-0.2, -0.15) is 0 Å². The van der Waals surface area contributed by atoms with E-state index in [9.17, 15) is 0 Å². The van der Waals surface area contributed by atoms with Crippen LogP contribution in [0.3, 0.4) is 0 Å². The van der Waals surface area contributed by atoms with E-state index in [1.54, 1.807) is 11.3 Å². The number of anilines is 2. The maximum atomic E-state index is 5.55. The van der Waals surface area contributed by atoms with E-state index < -0.39 is 0 Å². The molecule has 1 aliphatic rings. The molecule has 4 rings (SSSR count). The number of aryl methyl sites for hydroxylation is 1. The number of pyridine rings is 1. The minimum Gasteiger partial charge on any atom is -0.378 e. The molecular weight excluding hydrogens is 300 g/mol. The number of nitrogens with two attached hydrogens (primary N) is 1. The summed E-state index contributed by atoms with van der Waals surface area (Å²) in [6.45, 7) is 5.34. The molecule has 0 radical (unpaired) electrons. The lowest BCUT2D eigenvalue weighted by molar-refractivity contribution is 0.122. The average molecular weight is 316 g/mol. The molecule has 8 heteroatoms. The summed E-state index contributed by atoms with van der Waals surface area (Å²) in [5.41, 5.74) is 4.70. The normalized spacial score (nSPS) is 15.6. The molecule has 1 aliphatic heterocycles. The predicted molar refractivity (Wildman–Crippen MR) is 88.3 cm³/mol. The second kappa shape index (κ2) is 5.31. The first-order chi connectivity index (χ1) is 10.8. The van der Waals surface area contributed by atoms with Crippen LogP contribution in [0.5, 0.6) is 0 Å². The van der Waals surface area contributed by atoms with Crippen LogP contribution in [0.25, 0.3) is 20.4 Å². The highest BCUT2D eigenvalue weighted by Crippen LogP contribution is 2.37. The van der Waals surface area contributed by atoms with Gasteiger partial charge in [0.05, 0.1) is 23.4 Å². The zero-order chi connectivity index (χ0) is 15.1. The Hall–Kier alpha value is -2.03. The van der Waals surface area contributed by atoms with Crippen molar-refractivity contribution in [3.05, 3.63) is 18.0 Å². The number of rotatable bonds is 2. The summed E-state index contributed by atoms with van der Waals surface area (Å²) in [7, 11) is 0. The Balaban J connectivity index is 1.92. The van der Waals surface area contributed by atoms with Crippen molar-refractivity contribution in [2.24, 2.45) is 5.84 Å². The van der Waals surface area contributed by atoms with Gasteiger partial charge in [-0.15, -0.1) is 11.3 Å². The van der Waals surface area contributed by atoms with Crippen molar-refractivity contribution < 1.29 is 4.74 Å². The van der Waals surface area contributed by atoms with Gasteiger partial charge in [0.2, 0.25) is 0 Å². The van der Waals surface area contributed by atoms with Crippen molar-refractivity contribution >= 4 is 43.4 Å². The lowest BCUT2D eigenvalue weighted by atomic mass is 10.2. The average Bonchev–Trinajstić information content (AvgIpc) is 2.94. The molecule has 1 fully saturated rings. The standard InChI is InChI=1S/C14H16N6OS/c1-8-6-9(20-2-4-21-5-3-20)18-14-10(8)11-12(22-14)13(19-15)17-7-16-11/h6-7H,2-5,15H2,1H3,(H,16,17,19). The molecule has 0 aliphatic carbocycles. The van der Waals surface area contributed by atoms with E-state index >= 15 is 0 Å². The van der Waals surface area contributed by atoms with E-state index in [-0.39, 0.29) is 0 Å². The Morgan fingerprint density at radius 3 is 2.91 bits per heavy atom. The van der Waals surface area contributed by atoms with Crippen molar-refractivity contribution in [3.63, 3.8) is 0 Å². The molecule has 0 aromatic carbocycles. The molecule has 3 N–H and O–H groups in total. The van der Waals surface area contributed by atoms with Crippen LogP contribution in [0.2, 0.25) is 0 Å². The Bertz CT molecular complexity index is 842. The first-order valence-corrected chi connectivity index (χ1v) is 7.94. The van der Waals surface area contributed by atoms with E-state index in [1.807, 2.05) is 0 Å². The molecule has 0 atom stereocenters. The van der Waals surface area contributed by atoms with E-state index in [1.165, 1.54) is 11.9 Å². The largest absolute Gasteiger partial charge is 0.378 e. The minimum absolute atomic E-state index is 0.639. The minimum atomic E-state index is 0.639. The number of hydrogen-bond acceptors (Lipinski definition) is 8. The molecule has 3 aromatic heterocycles. The topological polar surface area (TPSA) is 89.2 Å². The highest BCUT2D eigenvalue weighted by molar-refractivity contribution is 7.26. The van der Waals surface area contributed by atoms with Gasteiger partial charge in [0, 0.05) is 18.5 Å². The van der Waals surface area contributed by atoms with Crippen LogP contribution in [0, 0.1) is 6.92 Å². The Labute approximate surface area is 131 Å². The van der Waals surface area contributed by atoms with Gasteiger partial charge in [-0.05, 0) is 18.6 Å². The van der Waals surface area contributed by atoms with Crippen LogP contribution in [0.1, 0.15) is 5.56 Å². The van der Waals surface area contributed by atoms with Crippen LogP contribution in [0.15, 0.2) is 12.4 Å². The number of hydrazine groups is 1. The van der Waals surface area contributed by atoms with Crippen molar-refractivity contribution in [3.8, 4) is 0 Å². The lowest BCUT2D eigenvalue weighted by Crippen LogP contribution is -2.36. The van der Waals surface area contributed by atoms with Gasteiger partial charge in [-0.3, -0.25) is 0 Å². The zero-order valence-electron chi connectivity index (χ0n) is 12.2. The third-order valence-electron chi connectivity index (χ3n) is 3.88. The lowest BCUT2D eigenvalue weighted by Gasteiger charge is -2.28. The second-order valence-corrected chi connectivity index (χ2v) is 6.22. The third kappa shape index (κ3) is 2.07. The fourth-order valence-electron chi connectivity index (χ4n) is 2.79. The van der Waals surface area contributed by atoms with Crippen LogP contribution >= 0.6 is 11.3 Å². The number of nitrogens with zero attached hydrogens (tertiary/aromatic N) is 4. The molecule has 1 saturated heterocycles. The van der Waals surface area contributed by atoms with E-state index in [0.717, 1.165) is 52.6 Å². The van der Waals surface area contributed by atoms with Crippen LogP contribution in [0.4, 0.5) is 11.6 Å². The van der Waals surface area contributed by atoms with Crippen molar-refractivity contribution in [1.29, 1.82) is 0 Å². The van der Waals surface area contributed by atoms with E-state index in [0.29, 0.717) is 5.82 Å². The smallest absolute Gasteiger partial charge is 0.161 e. The summed E-state index contributed by atoms with van der Waals surface area (Å²) in [5.74, 6) is 7.18. The number of ether oxygens (including phenoxy) is 1. The van der Waals surface area contributed by atoms with Crippen LogP contribution in [-0.4, -0.2) is 41.3 Å². The van der Waals surface area contributed by atoms with E-state index in [2.05, 4.69) is 33.3 Å². The first kappa shape index (κ1) is 13.6.